The number of phosphoric acid groups is 2. The van der Waals surface area contributed by atoms with Crippen molar-refractivity contribution in [2.24, 2.45) is 11.8 Å². The predicted octanol–water partition coefficient (Wildman–Crippen LogP) is 20.3. The standard InChI is InChI=1S/C73H134O17P2/c1-7-9-11-13-15-17-19-21-23-25-27-33-37-45-51-57-72(77)89-68(61-83-70(75)55-49-43-36-32-30-29-31-35-41-47-53-65(3)4)63-87-91(79,80)85-59-67(74)60-86-92(81,82)88-64-69(62-84-71(76)56-50-44-40-39-42-48-54-66(5)6)90-73(78)58-52-46-38-34-28-26-24-22-20-18-16-14-12-10-8-2/h17-24,65-69,74H,7-16,25-64H2,1-6H3,(H,79,80)(H,81,82)/b19-17-,20-18-,23-21-,24-22-/t67-,68-,69-/m1/s1. The van der Waals surface area contributed by atoms with Crippen LogP contribution in [0.25, 0.3) is 0 Å². The first-order valence-corrected chi connectivity index (χ1v) is 39.6. The fraction of sp³-hybridized carbons (Fsp3) is 0.836. The Kier molecular flexibility index (Phi) is 62.0. The Morgan fingerprint density at radius 2 is 0.587 bits per heavy atom. The predicted molar refractivity (Wildman–Crippen MR) is 372 cm³/mol. The Balaban J connectivity index is 5.32. The second kappa shape index (κ2) is 64.0. The summed E-state index contributed by atoms with van der Waals surface area (Å²) < 4.78 is 68.3. The molecule has 0 saturated heterocycles. The van der Waals surface area contributed by atoms with Gasteiger partial charge in [0.05, 0.1) is 26.4 Å². The van der Waals surface area contributed by atoms with Crippen molar-refractivity contribution in [1.29, 1.82) is 0 Å². The Labute approximate surface area is 559 Å². The highest BCUT2D eigenvalue weighted by molar-refractivity contribution is 7.47. The zero-order valence-electron chi connectivity index (χ0n) is 58.8. The molecule has 0 fully saturated rings. The van der Waals surface area contributed by atoms with E-state index >= 15 is 0 Å². The van der Waals surface area contributed by atoms with Crippen LogP contribution in [0.4, 0.5) is 0 Å². The summed E-state index contributed by atoms with van der Waals surface area (Å²) >= 11 is 0. The number of rotatable bonds is 68. The third-order valence-corrected chi connectivity index (χ3v) is 17.6. The van der Waals surface area contributed by atoms with Gasteiger partial charge in [0, 0.05) is 25.7 Å². The zero-order valence-corrected chi connectivity index (χ0v) is 60.6. The number of aliphatic hydroxyl groups excluding tert-OH is 1. The minimum atomic E-state index is -4.97. The lowest BCUT2D eigenvalue weighted by Crippen LogP contribution is -2.30. The van der Waals surface area contributed by atoms with Crippen molar-refractivity contribution in [1.82, 2.24) is 0 Å². The molecule has 0 radical (unpaired) electrons. The fourth-order valence-electron chi connectivity index (χ4n) is 10.0. The molecule has 538 valence electrons. The summed E-state index contributed by atoms with van der Waals surface area (Å²) in [6.07, 6.45) is 55.9. The Morgan fingerprint density at radius 3 is 0.880 bits per heavy atom. The lowest BCUT2D eigenvalue weighted by atomic mass is 10.0. The van der Waals surface area contributed by atoms with Crippen LogP contribution >= 0.6 is 15.6 Å². The highest BCUT2D eigenvalue weighted by Crippen LogP contribution is 2.45. The number of aliphatic hydroxyl groups is 1. The van der Waals surface area contributed by atoms with Gasteiger partial charge in [0.1, 0.15) is 19.3 Å². The van der Waals surface area contributed by atoms with E-state index in [9.17, 15) is 43.2 Å². The maximum absolute atomic E-state index is 13.0. The van der Waals surface area contributed by atoms with E-state index in [1.54, 1.807) is 0 Å². The fourth-order valence-corrected chi connectivity index (χ4v) is 11.6. The van der Waals surface area contributed by atoms with Crippen LogP contribution < -0.4 is 0 Å². The highest BCUT2D eigenvalue weighted by atomic mass is 31.2. The first kappa shape index (κ1) is 89.0. The topological polar surface area (TPSA) is 237 Å². The summed E-state index contributed by atoms with van der Waals surface area (Å²) in [6, 6.07) is 0. The van der Waals surface area contributed by atoms with Crippen molar-refractivity contribution in [3.63, 3.8) is 0 Å². The first-order valence-electron chi connectivity index (χ1n) is 36.6. The molecule has 0 bridgehead atoms. The van der Waals surface area contributed by atoms with E-state index in [1.165, 1.54) is 109 Å². The van der Waals surface area contributed by atoms with E-state index in [0.717, 1.165) is 128 Å². The van der Waals surface area contributed by atoms with Crippen LogP contribution in [0.15, 0.2) is 48.6 Å². The Hall–Kier alpha value is -2.98. The number of esters is 4. The maximum Gasteiger partial charge on any atom is 0.472 e. The first-order chi connectivity index (χ1) is 44.4. The lowest BCUT2D eigenvalue weighted by Gasteiger charge is -2.21. The molecule has 2 unspecified atom stereocenters. The third-order valence-electron chi connectivity index (χ3n) is 15.7. The van der Waals surface area contributed by atoms with E-state index < -0.39 is 97.5 Å². The highest BCUT2D eigenvalue weighted by Gasteiger charge is 2.30. The SMILES string of the molecule is CCCCCC/C=C\C=C/CCCCCCCC(=O)O[C@H](COC(=O)CCCCCCCCCCCCC(C)C)COP(=O)(O)OC[C@@H](O)COP(=O)(O)OC[C@@H](COC(=O)CCCCCCCCC(C)C)OC(=O)CCCCCCC/C=C\C=C/CCCCCC. The van der Waals surface area contributed by atoms with Gasteiger partial charge in [0.2, 0.25) is 0 Å². The molecule has 19 heteroatoms. The van der Waals surface area contributed by atoms with Crippen LogP contribution in [-0.2, 0) is 65.4 Å². The van der Waals surface area contributed by atoms with Crippen LogP contribution in [-0.4, -0.2) is 96.7 Å². The van der Waals surface area contributed by atoms with E-state index in [0.29, 0.717) is 31.6 Å². The number of carbonyl (C=O) groups is 4. The quantitative estimate of drug-likeness (QED) is 0.0169. The van der Waals surface area contributed by atoms with Gasteiger partial charge in [0.25, 0.3) is 0 Å². The number of allylic oxidation sites excluding steroid dienone is 8. The largest absolute Gasteiger partial charge is 0.472 e. The van der Waals surface area contributed by atoms with Gasteiger partial charge in [0.15, 0.2) is 12.2 Å². The second-order valence-electron chi connectivity index (χ2n) is 25.9. The van der Waals surface area contributed by atoms with Crippen molar-refractivity contribution in [2.45, 2.75) is 342 Å². The van der Waals surface area contributed by atoms with Crippen LogP contribution in [0.1, 0.15) is 324 Å². The molecular formula is C73H134O17P2. The number of ether oxygens (including phenoxy) is 4. The lowest BCUT2D eigenvalue weighted by molar-refractivity contribution is -0.161. The van der Waals surface area contributed by atoms with Crippen LogP contribution in [0.5, 0.6) is 0 Å². The molecule has 0 amide bonds. The number of hydrogen-bond acceptors (Lipinski definition) is 15. The Morgan fingerprint density at radius 1 is 0.337 bits per heavy atom. The Bertz CT molecular complexity index is 1970. The minimum Gasteiger partial charge on any atom is -0.462 e. The minimum absolute atomic E-state index is 0.0812. The molecule has 0 aromatic heterocycles. The molecule has 0 aromatic carbocycles. The van der Waals surface area contributed by atoms with Crippen LogP contribution in [0.2, 0.25) is 0 Å². The summed E-state index contributed by atoms with van der Waals surface area (Å²) in [5.41, 5.74) is 0. The molecule has 0 saturated carbocycles. The monoisotopic (exact) mass is 1340 g/mol. The third kappa shape index (κ3) is 65.7. The van der Waals surface area contributed by atoms with Crippen molar-refractivity contribution < 1.29 is 80.2 Å². The molecule has 92 heavy (non-hydrogen) atoms. The number of hydrogen-bond donors (Lipinski definition) is 3. The van der Waals surface area contributed by atoms with Gasteiger partial charge in [-0.15, -0.1) is 0 Å². The summed E-state index contributed by atoms with van der Waals surface area (Å²) in [7, 11) is -9.93. The molecule has 0 rings (SSSR count). The average Bonchev–Trinajstić information content (AvgIpc) is 3.27. The van der Waals surface area contributed by atoms with Crippen LogP contribution in [0, 0.1) is 11.8 Å². The van der Waals surface area contributed by atoms with Gasteiger partial charge in [-0.2, -0.15) is 0 Å². The van der Waals surface area contributed by atoms with Crippen molar-refractivity contribution >= 4 is 39.5 Å². The molecular weight excluding hydrogens is 1210 g/mol. The average molecular weight is 1350 g/mol. The number of phosphoric ester groups is 2. The summed E-state index contributed by atoms with van der Waals surface area (Å²) in [4.78, 5) is 72.6. The molecule has 0 aliphatic heterocycles. The summed E-state index contributed by atoms with van der Waals surface area (Å²) in [5, 5.41) is 10.6. The normalized spacial score (nSPS) is 14.4. The van der Waals surface area contributed by atoms with Crippen molar-refractivity contribution in [2.75, 3.05) is 39.6 Å². The zero-order chi connectivity index (χ0) is 67.9. The summed E-state index contributed by atoms with van der Waals surface area (Å²) in [6.45, 7) is 9.34. The van der Waals surface area contributed by atoms with E-state index in [1.807, 2.05) is 0 Å². The van der Waals surface area contributed by atoms with Gasteiger partial charge < -0.3 is 33.8 Å². The molecule has 0 heterocycles. The maximum atomic E-state index is 13.0. The van der Waals surface area contributed by atoms with E-state index in [2.05, 4.69) is 90.2 Å². The number of carbonyl (C=O) groups excluding carboxylic acids is 4. The molecule has 17 nitrogen and oxygen atoms in total. The smallest absolute Gasteiger partial charge is 0.462 e. The number of unbranched alkanes of at least 4 members (excludes halogenated alkanes) is 32. The van der Waals surface area contributed by atoms with Gasteiger partial charge >= 0.3 is 39.5 Å². The second-order valence-corrected chi connectivity index (χ2v) is 28.8. The molecule has 0 aliphatic carbocycles. The van der Waals surface area contributed by atoms with Gasteiger partial charge in [-0.25, -0.2) is 9.13 Å². The molecule has 5 atom stereocenters. The van der Waals surface area contributed by atoms with Gasteiger partial charge in [-0.05, 0) is 88.9 Å². The van der Waals surface area contributed by atoms with E-state index in [4.69, 9.17) is 37.0 Å². The molecule has 0 spiro atoms. The van der Waals surface area contributed by atoms with Crippen molar-refractivity contribution in [3.8, 4) is 0 Å². The molecule has 0 aliphatic rings. The molecule has 3 N–H and O–H groups in total. The van der Waals surface area contributed by atoms with Gasteiger partial charge in [-0.3, -0.25) is 37.3 Å². The van der Waals surface area contributed by atoms with E-state index in [-0.39, 0.29) is 25.7 Å². The van der Waals surface area contributed by atoms with Gasteiger partial charge in [-0.1, -0.05) is 270 Å². The van der Waals surface area contributed by atoms with Crippen molar-refractivity contribution in [3.05, 3.63) is 48.6 Å². The summed E-state index contributed by atoms with van der Waals surface area (Å²) in [5.74, 6) is -0.756. The molecule has 0 aromatic rings. The van der Waals surface area contributed by atoms with Crippen LogP contribution in [0.3, 0.4) is 0 Å².